The van der Waals surface area contributed by atoms with E-state index in [0.29, 0.717) is 42.8 Å². The molecule has 2 saturated heterocycles. The molecule has 2 N–H and O–H groups in total. The first-order valence-electron chi connectivity index (χ1n) is 15.6. The molecule has 48 heavy (non-hydrogen) atoms. The summed E-state index contributed by atoms with van der Waals surface area (Å²) in [6, 6.07) is 3.43. The maximum Gasteiger partial charge on any atom is 0.534 e. The predicted molar refractivity (Wildman–Crippen MR) is 169 cm³/mol. The highest BCUT2D eigenvalue weighted by atomic mass is 32.2. The first-order valence-corrected chi connectivity index (χ1v) is 17.0. The Morgan fingerprint density at radius 3 is 1.69 bits per heavy atom. The molecule has 0 aromatic carbocycles. The van der Waals surface area contributed by atoms with Crippen LogP contribution in [0.15, 0.2) is 24.3 Å². The fraction of sp³-hybridized carbons (Fsp3) is 0.516. The largest absolute Gasteiger partial charge is 0.534 e. The van der Waals surface area contributed by atoms with Crippen molar-refractivity contribution in [2.24, 2.45) is 0 Å². The number of carbonyl (C=O) groups is 3. The minimum Gasteiger partial charge on any atom is -0.465 e. The van der Waals surface area contributed by atoms with E-state index in [4.69, 9.17) is 4.74 Å². The number of H-pyrrole nitrogens is 2. The van der Waals surface area contributed by atoms with Crippen LogP contribution < -0.4 is 0 Å². The van der Waals surface area contributed by atoms with Gasteiger partial charge in [-0.25, -0.2) is 4.79 Å². The molecule has 0 saturated carbocycles. The molecule has 13 nitrogen and oxygen atoms in total. The first-order chi connectivity index (χ1) is 22.7. The van der Waals surface area contributed by atoms with Crippen LogP contribution in [0, 0.1) is 0 Å². The average molecular weight is 697 g/mol. The van der Waals surface area contributed by atoms with E-state index in [-0.39, 0.29) is 29.2 Å². The van der Waals surface area contributed by atoms with Crippen molar-refractivity contribution in [3.8, 4) is 0 Å². The van der Waals surface area contributed by atoms with Crippen LogP contribution >= 0.6 is 0 Å². The minimum absolute atomic E-state index is 0.00622. The Bertz CT molecular complexity index is 1710. The van der Waals surface area contributed by atoms with Crippen molar-refractivity contribution in [2.75, 3.05) is 73.6 Å². The van der Waals surface area contributed by atoms with Gasteiger partial charge < -0.3 is 38.5 Å². The minimum atomic E-state index is -5.77. The van der Waals surface area contributed by atoms with Crippen molar-refractivity contribution in [3.05, 3.63) is 58.2 Å². The fourth-order valence-electron chi connectivity index (χ4n) is 5.91. The average Bonchev–Trinajstić information content (AvgIpc) is 3.70. The number of halogens is 3. The van der Waals surface area contributed by atoms with Crippen LogP contribution in [0.3, 0.4) is 0 Å². The number of aromatic amines is 2. The molecule has 2 aliphatic heterocycles. The number of aromatic nitrogens is 2. The molecular formula is C31H39F3N6O7S. The van der Waals surface area contributed by atoms with E-state index in [1.54, 1.807) is 11.0 Å². The zero-order valence-electron chi connectivity index (χ0n) is 27.0. The Hall–Kier alpha value is -4.09. The number of methoxy groups -OCH3 is 1. The Balaban J connectivity index is 0.000000190. The molecule has 0 spiro atoms. The lowest BCUT2D eigenvalue weighted by Gasteiger charge is -2.32. The van der Waals surface area contributed by atoms with E-state index in [1.807, 2.05) is 24.1 Å². The summed E-state index contributed by atoms with van der Waals surface area (Å²) >= 11 is 0. The Morgan fingerprint density at radius 1 is 0.750 bits per heavy atom. The number of esters is 1. The molecule has 2 amide bonds. The third kappa shape index (κ3) is 7.63. The van der Waals surface area contributed by atoms with Crippen LogP contribution in [-0.4, -0.2) is 135 Å². The van der Waals surface area contributed by atoms with Gasteiger partial charge in [0.25, 0.3) is 11.8 Å². The summed E-state index contributed by atoms with van der Waals surface area (Å²) in [5, 5.41) is 0. The smallest absolute Gasteiger partial charge is 0.465 e. The molecule has 2 aromatic heterocycles. The fourth-order valence-corrected chi connectivity index (χ4v) is 6.39. The second-order valence-corrected chi connectivity index (χ2v) is 13.6. The SMILES string of the molecule is CN1CCN(C(=O)c2cc3c([nH]2)C(OS(=O)(=O)C(F)(F)F)=CCC3)CC1.COC(=O)C1=CCCc2cc(C(=O)N3CCN(C)CC3)[nH]c21. The predicted octanol–water partition coefficient (Wildman–Crippen LogP) is 2.46. The molecule has 0 bridgehead atoms. The van der Waals surface area contributed by atoms with Gasteiger partial charge in [-0.3, -0.25) is 9.59 Å². The number of alkyl halides is 3. The molecule has 0 radical (unpaired) electrons. The maximum atomic E-state index is 12.6. The molecule has 0 atom stereocenters. The normalized spacial score (nSPS) is 18.9. The number of rotatable bonds is 5. The maximum absolute atomic E-state index is 12.6. The van der Waals surface area contributed by atoms with Gasteiger partial charge in [0.15, 0.2) is 5.76 Å². The van der Waals surface area contributed by atoms with Crippen LogP contribution in [0.1, 0.15) is 56.3 Å². The zero-order chi connectivity index (χ0) is 34.8. The van der Waals surface area contributed by atoms with Crippen molar-refractivity contribution in [1.82, 2.24) is 29.6 Å². The van der Waals surface area contributed by atoms with E-state index < -0.39 is 21.4 Å². The number of likely N-dealkylation sites (N-methyl/N-ethyl adjacent to an activating group) is 2. The van der Waals surface area contributed by atoms with Crippen molar-refractivity contribution in [2.45, 2.75) is 31.2 Å². The van der Waals surface area contributed by atoms with Crippen LogP contribution in [-0.2, 0) is 36.7 Å². The van der Waals surface area contributed by atoms with Crippen LogP contribution in [0.2, 0.25) is 0 Å². The number of carbonyl (C=O) groups excluding carboxylic acids is 3. The summed E-state index contributed by atoms with van der Waals surface area (Å²) in [7, 11) is -0.388. The summed E-state index contributed by atoms with van der Waals surface area (Å²) in [5.41, 5.74) is -1.82. The Morgan fingerprint density at radius 2 is 1.21 bits per heavy atom. The molecule has 2 aromatic rings. The summed E-state index contributed by atoms with van der Waals surface area (Å²) in [6.45, 7) is 5.78. The van der Waals surface area contributed by atoms with E-state index >= 15 is 0 Å². The summed E-state index contributed by atoms with van der Waals surface area (Å²) in [4.78, 5) is 50.7. The number of hydrogen-bond donors (Lipinski definition) is 2. The second-order valence-electron chi connectivity index (χ2n) is 12.1. The lowest BCUT2D eigenvalue weighted by Crippen LogP contribution is -2.47. The summed E-state index contributed by atoms with van der Waals surface area (Å²) in [6.07, 6.45) is 5.55. The monoisotopic (exact) mass is 696 g/mol. The molecule has 4 heterocycles. The van der Waals surface area contributed by atoms with E-state index in [1.165, 1.54) is 13.2 Å². The number of piperazine rings is 2. The van der Waals surface area contributed by atoms with Gasteiger partial charge >= 0.3 is 21.6 Å². The molecular weight excluding hydrogens is 657 g/mol. The first kappa shape index (κ1) is 35.2. The number of fused-ring (bicyclic) bond motifs is 2. The summed E-state index contributed by atoms with van der Waals surface area (Å²) < 4.78 is 69.3. The van der Waals surface area contributed by atoms with Gasteiger partial charge in [0, 0.05) is 52.4 Å². The third-order valence-electron chi connectivity index (χ3n) is 8.75. The number of nitrogens with zero attached hydrogens (tertiary/aromatic N) is 4. The number of nitrogens with one attached hydrogen (secondary N) is 2. The highest BCUT2D eigenvalue weighted by Crippen LogP contribution is 2.34. The standard InChI is InChI=1S/C16H21N3O3.C15H18F3N3O4S/c1-18-6-8-19(9-7-18)15(20)13-10-11-4-3-5-12(14(11)17-13)16(21)22-2;1-20-5-7-21(8-6-20)14(22)11-9-10-3-2-4-12(13(10)19-11)25-26(23,24)15(16,17)18/h5,10,17H,3-4,6-9H2,1-2H3;4,9,19H,2-3,5-8H2,1H3. The zero-order valence-corrected chi connectivity index (χ0v) is 27.8. The number of allylic oxidation sites excluding steroid dienone is 2. The summed E-state index contributed by atoms with van der Waals surface area (Å²) in [5.74, 6) is -1.06. The number of amides is 2. The second kappa shape index (κ2) is 14.2. The van der Waals surface area contributed by atoms with Gasteiger partial charge in [-0.15, -0.1) is 0 Å². The van der Waals surface area contributed by atoms with E-state index in [2.05, 4.69) is 31.0 Å². The molecule has 2 aliphatic carbocycles. The van der Waals surface area contributed by atoms with Gasteiger partial charge in [-0.1, -0.05) is 6.08 Å². The van der Waals surface area contributed by atoms with Crippen molar-refractivity contribution >= 4 is 39.2 Å². The molecule has 17 heteroatoms. The van der Waals surface area contributed by atoms with Gasteiger partial charge in [-0.05, 0) is 69.1 Å². The van der Waals surface area contributed by atoms with Gasteiger partial charge in [0.2, 0.25) is 0 Å². The number of ether oxygens (including phenoxy) is 1. The molecule has 6 rings (SSSR count). The van der Waals surface area contributed by atoms with Crippen molar-refractivity contribution in [3.63, 3.8) is 0 Å². The van der Waals surface area contributed by atoms with Crippen LogP contribution in [0.4, 0.5) is 13.2 Å². The highest BCUT2D eigenvalue weighted by molar-refractivity contribution is 7.87. The molecule has 262 valence electrons. The number of hydrogen-bond acceptors (Lipinski definition) is 9. The third-order valence-corrected chi connectivity index (χ3v) is 9.72. The lowest BCUT2D eigenvalue weighted by atomic mass is 9.97. The van der Waals surface area contributed by atoms with Crippen LogP contribution in [0.25, 0.3) is 11.3 Å². The topological polar surface area (TPSA) is 148 Å². The Labute approximate surface area is 276 Å². The molecule has 2 fully saturated rings. The lowest BCUT2D eigenvalue weighted by molar-refractivity contribution is -0.133. The highest BCUT2D eigenvalue weighted by Gasteiger charge is 2.49. The van der Waals surface area contributed by atoms with E-state index in [0.717, 1.165) is 63.4 Å². The van der Waals surface area contributed by atoms with Gasteiger partial charge in [-0.2, -0.15) is 21.6 Å². The molecule has 0 unspecified atom stereocenters. The molecule has 4 aliphatic rings. The quantitative estimate of drug-likeness (QED) is 0.273. The van der Waals surface area contributed by atoms with Crippen molar-refractivity contribution < 1.29 is 44.9 Å². The van der Waals surface area contributed by atoms with Gasteiger partial charge in [0.1, 0.15) is 11.4 Å². The van der Waals surface area contributed by atoms with Crippen molar-refractivity contribution in [1.29, 1.82) is 0 Å². The van der Waals surface area contributed by atoms with E-state index in [9.17, 15) is 36.0 Å². The van der Waals surface area contributed by atoms with Crippen LogP contribution in [0.5, 0.6) is 0 Å². The number of aryl methyl sites for hydroxylation is 2. The van der Waals surface area contributed by atoms with Gasteiger partial charge in [0.05, 0.1) is 24.1 Å². The Kier molecular flexibility index (Phi) is 10.4.